The molecule has 1 N–H and O–H groups in total. The third kappa shape index (κ3) is 3.29. The van der Waals surface area contributed by atoms with Crippen LogP contribution in [-0.4, -0.2) is 44.0 Å². The number of hydrogen-bond acceptors (Lipinski definition) is 4. The SMILES string of the molecule is CCCn1ncnc1CN1CCC(C(C)O)CC1. The molecule has 18 heavy (non-hydrogen) atoms. The van der Waals surface area contributed by atoms with E-state index in [1.165, 1.54) is 0 Å². The summed E-state index contributed by atoms with van der Waals surface area (Å²) in [5.41, 5.74) is 0. The van der Waals surface area contributed by atoms with Crippen LogP contribution >= 0.6 is 0 Å². The van der Waals surface area contributed by atoms with Gasteiger partial charge in [0.1, 0.15) is 12.2 Å². The molecule has 1 saturated heterocycles. The minimum Gasteiger partial charge on any atom is -0.393 e. The molecule has 102 valence electrons. The average molecular weight is 252 g/mol. The molecule has 1 atom stereocenters. The fourth-order valence-corrected chi connectivity index (χ4v) is 2.60. The van der Waals surface area contributed by atoms with E-state index in [0.29, 0.717) is 5.92 Å². The Labute approximate surface area is 109 Å². The summed E-state index contributed by atoms with van der Waals surface area (Å²) in [7, 11) is 0. The second-order valence-electron chi connectivity index (χ2n) is 5.25. The Kier molecular flexibility index (Phi) is 4.72. The summed E-state index contributed by atoms with van der Waals surface area (Å²) in [6, 6.07) is 0. The smallest absolute Gasteiger partial charge is 0.141 e. The van der Waals surface area contributed by atoms with Gasteiger partial charge in [0.05, 0.1) is 12.6 Å². The van der Waals surface area contributed by atoms with Crippen molar-refractivity contribution in [3.8, 4) is 0 Å². The highest BCUT2D eigenvalue weighted by Crippen LogP contribution is 2.21. The van der Waals surface area contributed by atoms with Crippen LogP contribution < -0.4 is 0 Å². The van der Waals surface area contributed by atoms with Crippen molar-refractivity contribution in [1.82, 2.24) is 19.7 Å². The molecule has 0 radical (unpaired) electrons. The van der Waals surface area contributed by atoms with Crippen molar-refractivity contribution in [2.75, 3.05) is 13.1 Å². The number of aliphatic hydroxyl groups is 1. The number of rotatable bonds is 5. The Balaban J connectivity index is 1.85. The highest BCUT2D eigenvalue weighted by atomic mass is 16.3. The first-order valence-corrected chi connectivity index (χ1v) is 6.97. The maximum atomic E-state index is 9.59. The number of aryl methyl sites for hydroxylation is 1. The van der Waals surface area contributed by atoms with Gasteiger partial charge in [0.15, 0.2) is 0 Å². The lowest BCUT2D eigenvalue weighted by molar-refractivity contribution is 0.0682. The van der Waals surface area contributed by atoms with E-state index in [-0.39, 0.29) is 6.10 Å². The predicted octanol–water partition coefficient (Wildman–Crippen LogP) is 1.28. The van der Waals surface area contributed by atoms with E-state index >= 15 is 0 Å². The molecule has 1 aromatic rings. The minimum absolute atomic E-state index is 0.170. The quantitative estimate of drug-likeness (QED) is 0.857. The van der Waals surface area contributed by atoms with Crippen molar-refractivity contribution >= 4 is 0 Å². The molecule has 2 rings (SSSR count). The zero-order valence-electron chi connectivity index (χ0n) is 11.4. The minimum atomic E-state index is -0.170. The molecule has 1 fully saturated rings. The highest BCUT2D eigenvalue weighted by molar-refractivity contribution is 4.86. The van der Waals surface area contributed by atoms with Crippen LogP contribution in [0.5, 0.6) is 0 Å². The van der Waals surface area contributed by atoms with E-state index in [9.17, 15) is 5.11 Å². The number of aliphatic hydroxyl groups excluding tert-OH is 1. The lowest BCUT2D eigenvalue weighted by Gasteiger charge is -2.32. The first-order valence-electron chi connectivity index (χ1n) is 6.97. The molecule has 5 heteroatoms. The first-order chi connectivity index (χ1) is 8.70. The molecular formula is C13H24N4O. The van der Waals surface area contributed by atoms with Gasteiger partial charge in [-0.3, -0.25) is 4.90 Å². The molecule has 1 aliphatic rings. The molecule has 1 aliphatic heterocycles. The summed E-state index contributed by atoms with van der Waals surface area (Å²) in [4.78, 5) is 6.76. The summed E-state index contributed by atoms with van der Waals surface area (Å²) < 4.78 is 2.00. The van der Waals surface area contributed by atoms with Crippen LogP contribution in [0.1, 0.15) is 38.9 Å². The number of piperidine rings is 1. The van der Waals surface area contributed by atoms with Gasteiger partial charge < -0.3 is 5.11 Å². The van der Waals surface area contributed by atoms with Crippen LogP contribution in [0.25, 0.3) is 0 Å². The van der Waals surface area contributed by atoms with Crippen molar-refractivity contribution < 1.29 is 5.11 Å². The summed E-state index contributed by atoms with van der Waals surface area (Å²) in [5.74, 6) is 1.53. The van der Waals surface area contributed by atoms with Gasteiger partial charge in [-0.05, 0) is 45.2 Å². The Hall–Kier alpha value is -0.940. The van der Waals surface area contributed by atoms with E-state index < -0.39 is 0 Å². The number of aromatic nitrogens is 3. The van der Waals surface area contributed by atoms with Crippen molar-refractivity contribution in [3.05, 3.63) is 12.2 Å². The summed E-state index contributed by atoms with van der Waals surface area (Å²) in [5, 5.41) is 13.8. The van der Waals surface area contributed by atoms with Gasteiger partial charge in [-0.25, -0.2) is 9.67 Å². The van der Waals surface area contributed by atoms with E-state index in [1.54, 1.807) is 6.33 Å². The van der Waals surface area contributed by atoms with Gasteiger partial charge in [0, 0.05) is 6.54 Å². The van der Waals surface area contributed by atoms with E-state index in [2.05, 4.69) is 21.9 Å². The van der Waals surface area contributed by atoms with Crippen LogP contribution in [0.2, 0.25) is 0 Å². The van der Waals surface area contributed by atoms with Crippen LogP contribution in [0, 0.1) is 5.92 Å². The molecule has 0 saturated carbocycles. The average Bonchev–Trinajstić information content (AvgIpc) is 2.78. The molecule has 0 spiro atoms. The fourth-order valence-electron chi connectivity index (χ4n) is 2.60. The lowest BCUT2D eigenvalue weighted by atomic mass is 9.92. The zero-order valence-corrected chi connectivity index (χ0v) is 11.4. The second-order valence-corrected chi connectivity index (χ2v) is 5.25. The van der Waals surface area contributed by atoms with Gasteiger partial charge in [-0.2, -0.15) is 5.10 Å². The standard InChI is InChI=1S/C13H24N4O/c1-3-6-17-13(14-10-15-17)9-16-7-4-12(5-8-16)11(2)18/h10-12,18H,3-9H2,1-2H3. The molecular weight excluding hydrogens is 228 g/mol. The number of hydrogen-bond donors (Lipinski definition) is 1. The molecule has 0 aliphatic carbocycles. The van der Waals surface area contributed by atoms with Crippen molar-refractivity contribution in [2.45, 2.75) is 52.3 Å². The largest absolute Gasteiger partial charge is 0.393 e. The molecule has 5 nitrogen and oxygen atoms in total. The first kappa shape index (κ1) is 13.5. The number of nitrogens with zero attached hydrogens (tertiary/aromatic N) is 4. The monoisotopic (exact) mass is 252 g/mol. The third-order valence-corrected chi connectivity index (χ3v) is 3.81. The maximum Gasteiger partial charge on any atom is 0.141 e. The Morgan fingerprint density at radius 3 is 2.78 bits per heavy atom. The molecule has 1 aromatic heterocycles. The molecule has 0 bridgehead atoms. The van der Waals surface area contributed by atoms with Crippen LogP contribution in [0.3, 0.4) is 0 Å². The van der Waals surface area contributed by atoms with Crippen molar-refractivity contribution in [1.29, 1.82) is 0 Å². The summed E-state index contributed by atoms with van der Waals surface area (Å²) in [6.45, 7) is 7.98. The van der Waals surface area contributed by atoms with E-state index in [4.69, 9.17) is 0 Å². The van der Waals surface area contributed by atoms with E-state index in [0.717, 1.165) is 51.3 Å². The molecule has 0 amide bonds. The van der Waals surface area contributed by atoms with Gasteiger partial charge in [0.25, 0.3) is 0 Å². The maximum absolute atomic E-state index is 9.59. The molecule has 2 heterocycles. The Bertz CT molecular complexity index is 356. The third-order valence-electron chi connectivity index (χ3n) is 3.81. The number of likely N-dealkylation sites (tertiary alicyclic amines) is 1. The normalized spacial score (nSPS) is 20.2. The summed E-state index contributed by atoms with van der Waals surface area (Å²) >= 11 is 0. The topological polar surface area (TPSA) is 54.2 Å². The van der Waals surface area contributed by atoms with Crippen LogP contribution in [0.4, 0.5) is 0 Å². The summed E-state index contributed by atoms with van der Waals surface area (Å²) in [6.07, 6.45) is 4.73. The van der Waals surface area contributed by atoms with Crippen molar-refractivity contribution in [2.24, 2.45) is 5.92 Å². The second kappa shape index (κ2) is 6.29. The molecule has 0 aromatic carbocycles. The van der Waals surface area contributed by atoms with Crippen molar-refractivity contribution in [3.63, 3.8) is 0 Å². The molecule has 1 unspecified atom stereocenters. The Morgan fingerprint density at radius 1 is 1.44 bits per heavy atom. The Morgan fingerprint density at radius 2 is 2.17 bits per heavy atom. The van der Waals surface area contributed by atoms with Gasteiger partial charge in [-0.1, -0.05) is 6.92 Å². The lowest BCUT2D eigenvalue weighted by Crippen LogP contribution is -2.37. The van der Waals surface area contributed by atoms with E-state index in [1.807, 2.05) is 11.6 Å². The van der Waals surface area contributed by atoms with Crippen LogP contribution in [-0.2, 0) is 13.1 Å². The van der Waals surface area contributed by atoms with Gasteiger partial charge in [-0.15, -0.1) is 0 Å². The van der Waals surface area contributed by atoms with Crippen LogP contribution in [0.15, 0.2) is 6.33 Å². The van der Waals surface area contributed by atoms with Gasteiger partial charge in [0.2, 0.25) is 0 Å². The fraction of sp³-hybridized carbons (Fsp3) is 0.846. The predicted molar refractivity (Wildman–Crippen MR) is 70.0 cm³/mol. The highest BCUT2D eigenvalue weighted by Gasteiger charge is 2.23. The zero-order chi connectivity index (χ0) is 13.0. The van der Waals surface area contributed by atoms with Gasteiger partial charge >= 0.3 is 0 Å².